The molecule has 1 N–H and O–H groups in total. The minimum absolute atomic E-state index is 0.138. The highest BCUT2D eigenvalue weighted by Gasteiger charge is 2.22. The molecule has 1 atom stereocenters. The van der Waals surface area contributed by atoms with Gasteiger partial charge in [-0.15, -0.1) is 0 Å². The van der Waals surface area contributed by atoms with E-state index in [4.69, 9.17) is 4.74 Å². The number of aryl methyl sites for hydroxylation is 3. The molecule has 2 heterocycles. The molecule has 0 radical (unpaired) electrons. The molecule has 5 heteroatoms. The average Bonchev–Trinajstić information content (AvgIpc) is 3.04. The number of anilines is 1. The van der Waals surface area contributed by atoms with Crippen molar-refractivity contribution >= 4 is 23.4 Å². The molecule has 0 saturated carbocycles. The predicted octanol–water partition coefficient (Wildman–Crippen LogP) is 4.14. The van der Waals surface area contributed by atoms with Crippen LogP contribution in [-0.2, 0) is 0 Å². The molecule has 1 saturated heterocycles. The first-order valence-electron chi connectivity index (χ1n) is 8.13. The van der Waals surface area contributed by atoms with Gasteiger partial charge in [0.1, 0.15) is 11.7 Å². The van der Waals surface area contributed by atoms with Crippen LogP contribution in [0.2, 0.25) is 0 Å². The van der Waals surface area contributed by atoms with E-state index >= 15 is 0 Å². The molecule has 1 aliphatic rings. The Labute approximate surface area is 147 Å². The number of thioether (sulfide) groups is 1. The maximum atomic E-state index is 12.8. The van der Waals surface area contributed by atoms with Crippen LogP contribution >= 0.6 is 11.8 Å². The Morgan fingerprint density at radius 1 is 1.29 bits per heavy atom. The summed E-state index contributed by atoms with van der Waals surface area (Å²) < 4.78 is 5.95. The largest absolute Gasteiger partial charge is 0.473 e. The minimum Gasteiger partial charge on any atom is -0.473 e. The second kappa shape index (κ2) is 7.26. The molecule has 3 rings (SSSR count). The number of amides is 1. The molecule has 2 aromatic rings. The molecule has 0 aliphatic carbocycles. The quantitative estimate of drug-likeness (QED) is 0.907. The maximum Gasteiger partial charge on any atom is 0.261 e. The van der Waals surface area contributed by atoms with Crippen molar-refractivity contribution in [3.05, 3.63) is 52.7 Å². The third kappa shape index (κ3) is 3.73. The van der Waals surface area contributed by atoms with E-state index in [0.717, 1.165) is 34.7 Å². The lowest BCUT2D eigenvalue weighted by Gasteiger charge is -2.16. The zero-order chi connectivity index (χ0) is 17.1. The molecule has 1 fully saturated rings. The van der Waals surface area contributed by atoms with Crippen LogP contribution < -0.4 is 10.1 Å². The lowest BCUT2D eigenvalue weighted by molar-refractivity contribution is 0.101. The van der Waals surface area contributed by atoms with Crippen molar-refractivity contribution in [2.45, 2.75) is 33.3 Å². The Morgan fingerprint density at radius 2 is 2.04 bits per heavy atom. The van der Waals surface area contributed by atoms with Crippen LogP contribution in [0.1, 0.15) is 33.5 Å². The third-order valence-electron chi connectivity index (χ3n) is 4.10. The van der Waals surface area contributed by atoms with Gasteiger partial charge in [0.05, 0.1) is 0 Å². The van der Waals surface area contributed by atoms with E-state index in [1.54, 1.807) is 18.3 Å². The highest BCUT2D eigenvalue weighted by molar-refractivity contribution is 7.99. The number of nitrogens with one attached hydrogen (secondary N) is 1. The van der Waals surface area contributed by atoms with Gasteiger partial charge in [-0.25, -0.2) is 4.98 Å². The van der Waals surface area contributed by atoms with Crippen molar-refractivity contribution in [1.29, 1.82) is 0 Å². The highest BCUT2D eigenvalue weighted by Crippen LogP contribution is 2.26. The summed E-state index contributed by atoms with van der Waals surface area (Å²) in [6.45, 7) is 6.07. The number of carbonyl (C=O) groups is 1. The van der Waals surface area contributed by atoms with Gasteiger partial charge in [0.2, 0.25) is 5.88 Å². The van der Waals surface area contributed by atoms with Crippen molar-refractivity contribution in [3.63, 3.8) is 0 Å². The van der Waals surface area contributed by atoms with Gasteiger partial charge >= 0.3 is 0 Å². The van der Waals surface area contributed by atoms with Crippen LogP contribution in [0.15, 0.2) is 30.5 Å². The van der Waals surface area contributed by atoms with Crippen LogP contribution in [0.5, 0.6) is 5.88 Å². The van der Waals surface area contributed by atoms with E-state index in [1.165, 1.54) is 5.56 Å². The lowest BCUT2D eigenvalue weighted by Crippen LogP contribution is -2.20. The molecule has 1 aliphatic heterocycles. The molecule has 1 amide bonds. The summed E-state index contributed by atoms with van der Waals surface area (Å²) in [4.78, 5) is 17.0. The van der Waals surface area contributed by atoms with Gasteiger partial charge in [0.15, 0.2) is 0 Å². The first-order chi connectivity index (χ1) is 11.5. The van der Waals surface area contributed by atoms with E-state index in [0.29, 0.717) is 11.4 Å². The van der Waals surface area contributed by atoms with Crippen LogP contribution in [0, 0.1) is 20.8 Å². The monoisotopic (exact) mass is 342 g/mol. The molecule has 0 bridgehead atoms. The average molecular weight is 342 g/mol. The first-order valence-corrected chi connectivity index (χ1v) is 9.28. The SMILES string of the molecule is Cc1cc(C)c(NC(=O)c2cccnc2OC2CCSC2)c(C)c1. The van der Waals surface area contributed by atoms with Crippen molar-refractivity contribution in [2.75, 3.05) is 16.8 Å². The fourth-order valence-corrected chi connectivity index (χ4v) is 4.07. The second-order valence-electron chi connectivity index (χ2n) is 6.19. The smallest absolute Gasteiger partial charge is 0.261 e. The number of carbonyl (C=O) groups excluding carboxylic acids is 1. The van der Waals surface area contributed by atoms with Gasteiger partial charge in [-0.05, 0) is 56.2 Å². The first kappa shape index (κ1) is 16.8. The molecular weight excluding hydrogens is 320 g/mol. The Bertz CT molecular complexity index is 732. The van der Waals surface area contributed by atoms with Crippen LogP contribution in [0.3, 0.4) is 0 Å². The number of hydrogen-bond acceptors (Lipinski definition) is 4. The van der Waals surface area contributed by atoms with E-state index in [1.807, 2.05) is 25.6 Å². The molecule has 126 valence electrons. The zero-order valence-electron chi connectivity index (χ0n) is 14.3. The molecule has 1 aromatic heterocycles. The van der Waals surface area contributed by atoms with Gasteiger partial charge in [-0.3, -0.25) is 4.79 Å². The van der Waals surface area contributed by atoms with E-state index in [2.05, 4.69) is 29.4 Å². The number of rotatable bonds is 4. The van der Waals surface area contributed by atoms with Gasteiger partial charge in [0, 0.05) is 17.6 Å². The number of hydrogen-bond donors (Lipinski definition) is 1. The standard InChI is InChI=1S/C19H22N2O2S/c1-12-9-13(2)17(14(3)10-12)21-18(22)16-5-4-7-20-19(16)23-15-6-8-24-11-15/h4-5,7,9-10,15H,6,8,11H2,1-3H3,(H,21,22). The van der Waals surface area contributed by atoms with Crippen molar-refractivity contribution in [2.24, 2.45) is 0 Å². The summed E-state index contributed by atoms with van der Waals surface area (Å²) in [5, 5.41) is 3.02. The summed E-state index contributed by atoms with van der Waals surface area (Å²) >= 11 is 1.87. The second-order valence-corrected chi connectivity index (χ2v) is 7.34. The van der Waals surface area contributed by atoms with E-state index in [9.17, 15) is 4.79 Å². The predicted molar refractivity (Wildman–Crippen MR) is 99.2 cm³/mol. The van der Waals surface area contributed by atoms with E-state index in [-0.39, 0.29) is 12.0 Å². The van der Waals surface area contributed by atoms with Crippen molar-refractivity contribution < 1.29 is 9.53 Å². The highest BCUT2D eigenvalue weighted by atomic mass is 32.2. The van der Waals surface area contributed by atoms with Gasteiger partial charge in [-0.1, -0.05) is 17.7 Å². The molecule has 1 aromatic carbocycles. The Morgan fingerprint density at radius 3 is 2.71 bits per heavy atom. The summed E-state index contributed by atoms with van der Waals surface area (Å²) in [6.07, 6.45) is 2.80. The molecule has 1 unspecified atom stereocenters. The molecule has 24 heavy (non-hydrogen) atoms. The number of nitrogens with zero attached hydrogens (tertiary/aromatic N) is 1. The van der Waals surface area contributed by atoms with Crippen LogP contribution in [-0.4, -0.2) is 28.5 Å². The Balaban J connectivity index is 1.83. The summed E-state index contributed by atoms with van der Waals surface area (Å²) in [5.74, 6) is 2.29. The zero-order valence-corrected chi connectivity index (χ0v) is 15.1. The topological polar surface area (TPSA) is 51.2 Å². The van der Waals surface area contributed by atoms with Gasteiger partial charge < -0.3 is 10.1 Å². The summed E-state index contributed by atoms with van der Waals surface area (Å²) in [5.41, 5.74) is 4.64. The number of benzene rings is 1. The molecule has 0 spiro atoms. The fourth-order valence-electron chi connectivity index (χ4n) is 2.98. The summed E-state index contributed by atoms with van der Waals surface area (Å²) in [7, 11) is 0. The Kier molecular flexibility index (Phi) is 5.09. The lowest BCUT2D eigenvalue weighted by atomic mass is 10.0. The third-order valence-corrected chi connectivity index (χ3v) is 5.23. The minimum atomic E-state index is -0.182. The Hall–Kier alpha value is -2.01. The van der Waals surface area contributed by atoms with Crippen LogP contribution in [0.25, 0.3) is 0 Å². The van der Waals surface area contributed by atoms with Crippen molar-refractivity contribution in [3.8, 4) is 5.88 Å². The number of pyridine rings is 1. The van der Waals surface area contributed by atoms with Crippen molar-refractivity contribution in [1.82, 2.24) is 4.98 Å². The normalized spacial score (nSPS) is 16.9. The summed E-state index contributed by atoms with van der Waals surface area (Å²) in [6, 6.07) is 7.66. The number of ether oxygens (including phenoxy) is 1. The van der Waals surface area contributed by atoms with Crippen LogP contribution in [0.4, 0.5) is 5.69 Å². The van der Waals surface area contributed by atoms with Gasteiger partial charge in [-0.2, -0.15) is 11.8 Å². The van der Waals surface area contributed by atoms with E-state index < -0.39 is 0 Å². The maximum absolute atomic E-state index is 12.8. The number of aromatic nitrogens is 1. The molecule has 4 nitrogen and oxygen atoms in total. The fraction of sp³-hybridized carbons (Fsp3) is 0.368. The van der Waals surface area contributed by atoms with Gasteiger partial charge in [0.25, 0.3) is 5.91 Å². The molecular formula is C19H22N2O2S.